The van der Waals surface area contributed by atoms with E-state index in [0.29, 0.717) is 24.4 Å². The van der Waals surface area contributed by atoms with Gasteiger partial charge in [-0.1, -0.05) is 18.2 Å². The van der Waals surface area contributed by atoms with Crippen LogP contribution >= 0.6 is 0 Å². The van der Waals surface area contributed by atoms with E-state index in [-0.39, 0.29) is 24.2 Å². The molecule has 1 aliphatic rings. The number of nitrogens with one attached hydrogen (secondary N) is 1. The molecule has 1 aromatic carbocycles. The molecule has 24 heavy (non-hydrogen) atoms. The Morgan fingerprint density at radius 3 is 2.92 bits per heavy atom. The van der Waals surface area contributed by atoms with Crippen molar-refractivity contribution in [3.63, 3.8) is 0 Å². The molecule has 1 aromatic heterocycles. The molecular formula is C16H18N4O4. The summed E-state index contributed by atoms with van der Waals surface area (Å²) in [5, 5.41) is 18.1. The Bertz CT molecular complexity index is 799. The van der Waals surface area contributed by atoms with Crippen LogP contribution in [0.1, 0.15) is 29.4 Å². The summed E-state index contributed by atoms with van der Waals surface area (Å²) in [6.07, 6.45) is 0.681. The predicted octanol–water partition coefficient (Wildman–Crippen LogP) is 2.05. The Morgan fingerprint density at radius 1 is 1.46 bits per heavy atom. The first-order chi connectivity index (χ1) is 11.5. The second-order valence-electron chi connectivity index (χ2n) is 5.73. The van der Waals surface area contributed by atoms with E-state index in [1.807, 2.05) is 24.3 Å². The van der Waals surface area contributed by atoms with E-state index in [9.17, 15) is 14.9 Å². The Morgan fingerprint density at radius 2 is 2.21 bits per heavy atom. The summed E-state index contributed by atoms with van der Waals surface area (Å²) in [4.78, 5) is 22.9. The molecule has 0 fully saturated rings. The molecule has 0 saturated heterocycles. The van der Waals surface area contributed by atoms with Gasteiger partial charge in [0, 0.05) is 12.0 Å². The first-order valence-corrected chi connectivity index (χ1v) is 7.67. The molecule has 1 N–H and O–H groups in total. The Labute approximate surface area is 138 Å². The van der Waals surface area contributed by atoms with E-state index in [4.69, 9.17) is 4.74 Å². The SMILES string of the molecule is Cc1nn(CC(=O)N[C@H]2CCOc3ccccc32)c(C)c1[N+](=O)[O-]. The number of aromatic nitrogens is 2. The van der Waals surface area contributed by atoms with E-state index in [2.05, 4.69) is 10.4 Å². The fraction of sp³-hybridized carbons (Fsp3) is 0.375. The molecule has 1 amide bonds. The van der Waals surface area contributed by atoms with E-state index in [1.54, 1.807) is 13.8 Å². The van der Waals surface area contributed by atoms with Gasteiger partial charge in [0.1, 0.15) is 23.7 Å². The molecule has 3 rings (SSSR count). The van der Waals surface area contributed by atoms with Gasteiger partial charge in [0.25, 0.3) is 0 Å². The number of nitrogens with zero attached hydrogens (tertiary/aromatic N) is 3. The van der Waals surface area contributed by atoms with Crippen molar-refractivity contribution in [2.75, 3.05) is 6.61 Å². The monoisotopic (exact) mass is 330 g/mol. The molecule has 1 atom stereocenters. The van der Waals surface area contributed by atoms with E-state index < -0.39 is 4.92 Å². The summed E-state index contributed by atoms with van der Waals surface area (Å²) in [6.45, 7) is 3.64. The van der Waals surface area contributed by atoms with Gasteiger partial charge < -0.3 is 10.1 Å². The summed E-state index contributed by atoms with van der Waals surface area (Å²) in [7, 11) is 0. The second kappa shape index (κ2) is 6.31. The maximum atomic E-state index is 12.4. The van der Waals surface area contributed by atoms with Gasteiger partial charge in [0.05, 0.1) is 17.6 Å². The van der Waals surface area contributed by atoms with E-state index in [1.165, 1.54) is 4.68 Å². The van der Waals surface area contributed by atoms with Gasteiger partial charge in [-0.05, 0) is 19.9 Å². The Hall–Kier alpha value is -2.90. The van der Waals surface area contributed by atoms with Crippen molar-refractivity contribution in [2.24, 2.45) is 0 Å². The lowest BCUT2D eigenvalue weighted by Crippen LogP contribution is -2.34. The number of hydrogen-bond acceptors (Lipinski definition) is 5. The van der Waals surface area contributed by atoms with Crippen molar-refractivity contribution in [3.8, 4) is 5.75 Å². The van der Waals surface area contributed by atoms with Crippen molar-refractivity contribution in [2.45, 2.75) is 32.9 Å². The lowest BCUT2D eigenvalue weighted by molar-refractivity contribution is -0.386. The number of rotatable bonds is 4. The summed E-state index contributed by atoms with van der Waals surface area (Å²) in [6, 6.07) is 7.45. The van der Waals surface area contributed by atoms with Crippen molar-refractivity contribution in [1.29, 1.82) is 0 Å². The third-order valence-electron chi connectivity index (χ3n) is 4.11. The smallest absolute Gasteiger partial charge is 0.312 e. The minimum atomic E-state index is -0.471. The van der Waals surface area contributed by atoms with Crippen LogP contribution in [0.25, 0.3) is 0 Å². The minimum absolute atomic E-state index is 0.0424. The zero-order chi connectivity index (χ0) is 17.3. The number of aryl methyl sites for hydroxylation is 1. The molecular weight excluding hydrogens is 312 g/mol. The van der Waals surface area contributed by atoms with Gasteiger partial charge in [0.2, 0.25) is 5.91 Å². The average molecular weight is 330 g/mol. The van der Waals surface area contributed by atoms with Gasteiger partial charge in [0.15, 0.2) is 0 Å². The number of amides is 1. The van der Waals surface area contributed by atoms with E-state index >= 15 is 0 Å². The number of hydrogen-bond donors (Lipinski definition) is 1. The van der Waals surface area contributed by atoms with Gasteiger partial charge in [-0.2, -0.15) is 5.10 Å². The molecule has 0 aliphatic carbocycles. The molecule has 8 heteroatoms. The molecule has 0 spiro atoms. The number of fused-ring (bicyclic) bond motifs is 1. The number of nitro groups is 1. The molecule has 2 heterocycles. The highest BCUT2D eigenvalue weighted by molar-refractivity contribution is 5.76. The maximum absolute atomic E-state index is 12.4. The van der Waals surface area contributed by atoms with E-state index in [0.717, 1.165) is 11.3 Å². The van der Waals surface area contributed by atoms with Crippen LogP contribution < -0.4 is 10.1 Å². The zero-order valence-electron chi connectivity index (χ0n) is 13.5. The molecule has 126 valence electrons. The van der Waals surface area contributed by atoms with Crippen LogP contribution in [0.2, 0.25) is 0 Å². The van der Waals surface area contributed by atoms with Crippen molar-refractivity contribution in [1.82, 2.24) is 15.1 Å². The normalized spacial score (nSPS) is 16.2. The fourth-order valence-electron chi connectivity index (χ4n) is 2.97. The third-order valence-corrected chi connectivity index (χ3v) is 4.11. The van der Waals surface area contributed by atoms with Crippen LogP contribution in [-0.4, -0.2) is 27.2 Å². The number of benzene rings is 1. The maximum Gasteiger partial charge on any atom is 0.312 e. The van der Waals surface area contributed by atoms with Gasteiger partial charge in [-0.15, -0.1) is 0 Å². The first kappa shape index (κ1) is 16.0. The van der Waals surface area contributed by atoms with Crippen LogP contribution in [0, 0.1) is 24.0 Å². The highest BCUT2D eigenvalue weighted by Gasteiger charge is 2.25. The van der Waals surface area contributed by atoms with Crippen LogP contribution in [0.5, 0.6) is 5.75 Å². The Balaban J connectivity index is 1.74. The van der Waals surface area contributed by atoms with Gasteiger partial charge in [-0.3, -0.25) is 19.6 Å². The summed E-state index contributed by atoms with van der Waals surface area (Å²) in [5.41, 5.74) is 1.58. The number of ether oxygens (including phenoxy) is 1. The highest BCUT2D eigenvalue weighted by Crippen LogP contribution is 2.31. The van der Waals surface area contributed by atoms with Gasteiger partial charge >= 0.3 is 5.69 Å². The largest absolute Gasteiger partial charge is 0.493 e. The average Bonchev–Trinajstić information content (AvgIpc) is 2.81. The quantitative estimate of drug-likeness (QED) is 0.683. The van der Waals surface area contributed by atoms with Crippen LogP contribution in [-0.2, 0) is 11.3 Å². The number of para-hydroxylation sites is 1. The molecule has 0 bridgehead atoms. The molecule has 1 aliphatic heterocycles. The highest BCUT2D eigenvalue weighted by atomic mass is 16.6. The third kappa shape index (κ3) is 2.94. The van der Waals surface area contributed by atoms with Crippen molar-refractivity contribution in [3.05, 3.63) is 51.3 Å². The summed E-state index contributed by atoms with van der Waals surface area (Å²) in [5.74, 6) is 0.535. The molecule has 0 radical (unpaired) electrons. The fourth-order valence-corrected chi connectivity index (χ4v) is 2.97. The number of carbonyl (C=O) groups is 1. The molecule has 0 unspecified atom stereocenters. The van der Waals surface area contributed by atoms with Crippen LogP contribution in [0.3, 0.4) is 0 Å². The van der Waals surface area contributed by atoms with Crippen molar-refractivity contribution >= 4 is 11.6 Å². The molecule has 0 saturated carbocycles. The zero-order valence-corrected chi connectivity index (χ0v) is 13.5. The lowest BCUT2D eigenvalue weighted by Gasteiger charge is -2.26. The van der Waals surface area contributed by atoms with Crippen LogP contribution in [0.15, 0.2) is 24.3 Å². The summed E-state index contributed by atoms with van der Waals surface area (Å²) >= 11 is 0. The predicted molar refractivity (Wildman–Crippen MR) is 85.8 cm³/mol. The standard InChI is InChI=1S/C16H18N4O4/c1-10-16(20(22)23)11(2)19(18-10)9-15(21)17-13-7-8-24-14-6-4-3-5-12(13)14/h3-6,13H,7-9H2,1-2H3,(H,17,21)/t13-/m0/s1. The Kier molecular flexibility index (Phi) is 4.20. The second-order valence-corrected chi connectivity index (χ2v) is 5.73. The summed E-state index contributed by atoms with van der Waals surface area (Å²) < 4.78 is 6.94. The van der Waals surface area contributed by atoms with Crippen molar-refractivity contribution < 1.29 is 14.5 Å². The van der Waals surface area contributed by atoms with Crippen LogP contribution in [0.4, 0.5) is 5.69 Å². The number of carbonyl (C=O) groups excluding carboxylic acids is 1. The minimum Gasteiger partial charge on any atom is -0.493 e. The lowest BCUT2D eigenvalue weighted by atomic mass is 10.0. The first-order valence-electron chi connectivity index (χ1n) is 7.67. The topological polar surface area (TPSA) is 99.3 Å². The molecule has 2 aromatic rings. The van der Waals surface area contributed by atoms with Gasteiger partial charge in [-0.25, -0.2) is 0 Å². The molecule has 8 nitrogen and oxygen atoms in total.